The van der Waals surface area contributed by atoms with Gasteiger partial charge in [-0.15, -0.1) is 6.58 Å². The summed E-state index contributed by atoms with van der Waals surface area (Å²) in [5.41, 5.74) is 0. The van der Waals surface area contributed by atoms with Crippen molar-refractivity contribution >= 4 is 6.16 Å². The Morgan fingerprint density at radius 3 is 2.64 bits per heavy atom. The quantitative estimate of drug-likeness (QED) is 0.358. The molecule has 0 fully saturated rings. The van der Waals surface area contributed by atoms with Crippen molar-refractivity contribution in [2.45, 2.75) is 25.7 Å². The van der Waals surface area contributed by atoms with E-state index in [-0.39, 0.29) is 6.61 Å². The Labute approximate surface area is 85.4 Å². The van der Waals surface area contributed by atoms with Gasteiger partial charge in [0.25, 0.3) is 0 Å². The van der Waals surface area contributed by atoms with E-state index in [1.165, 1.54) is 7.11 Å². The van der Waals surface area contributed by atoms with Crippen LogP contribution in [0.3, 0.4) is 0 Å². The lowest BCUT2D eigenvalue weighted by Crippen LogP contribution is -2.03. The van der Waals surface area contributed by atoms with Gasteiger partial charge in [0.2, 0.25) is 0 Å². The molecule has 0 N–H and O–H groups in total. The second-order valence-corrected chi connectivity index (χ2v) is 2.81. The highest BCUT2D eigenvalue weighted by atomic mass is 16.7. The number of ether oxygens (including phenoxy) is 2. The molecular formula is C11H18O3. The fourth-order valence-corrected chi connectivity index (χ4v) is 0.912. The maximum Gasteiger partial charge on any atom is 0.508 e. The first-order valence-electron chi connectivity index (χ1n) is 4.78. The second-order valence-electron chi connectivity index (χ2n) is 2.81. The van der Waals surface area contributed by atoms with E-state index in [9.17, 15) is 4.79 Å². The Morgan fingerprint density at radius 1 is 1.29 bits per heavy atom. The third kappa shape index (κ3) is 8.84. The van der Waals surface area contributed by atoms with E-state index in [4.69, 9.17) is 0 Å². The average molecular weight is 198 g/mol. The summed E-state index contributed by atoms with van der Waals surface area (Å²) in [5.74, 6) is 0. The van der Waals surface area contributed by atoms with Gasteiger partial charge in [0.1, 0.15) is 6.61 Å². The molecule has 0 aromatic rings. The first kappa shape index (κ1) is 12.8. The van der Waals surface area contributed by atoms with Gasteiger partial charge in [-0.2, -0.15) is 0 Å². The number of carbonyl (C=O) groups is 1. The van der Waals surface area contributed by atoms with Crippen LogP contribution in [-0.2, 0) is 9.47 Å². The van der Waals surface area contributed by atoms with Gasteiger partial charge in [0, 0.05) is 0 Å². The van der Waals surface area contributed by atoms with Crippen LogP contribution >= 0.6 is 0 Å². The van der Waals surface area contributed by atoms with Crippen molar-refractivity contribution in [3.8, 4) is 0 Å². The maximum absolute atomic E-state index is 10.5. The van der Waals surface area contributed by atoms with Crippen molar-refractivity contribution in [2.24, 2.45) is 0 Å². The topological polar surface area (TPSA) is 35.5 Å². The summed E-state index contributed by atoms with van der Waals surface area (Å²) in [7, 11) is 1.29. The van der Waals surface area contributed by atoms with E-state index < -0.39 is 6.16 Å². The van der Waals surface area contributed by atoms with Gasteiger partial charge >= 0.3 is 6.16 Å². The zero-order chi connectivity index (χ0) is 10.6. The highest BCUT2D eigenvalue weighted by molar-refractivity contribution is 5.59. The summed E-state index contributed by atoms with van der Waals surface area (Å²) in [6.45, 7) is 3.93. The van der Waals surface area contributed by atoms with E-state index in [0.717, 1.165) is 25.7 Å². The molecule has 0 aromatic carbocycles. The standard InChI is InChI=1S/C11H18O3/c1-3-4-5-6-7-8-9-10-14-11(12)13-2/h3,8-9H,1,4-7,10H2,2H3/b9-8-. The minimum atomic E-state index is -0.638. The molecular weight excluding hydrogens is 180 g/mol. The van der Waals surface area contributed by atoms with Crippen molar-refractivity contribution in [3.05, 3.63) is 24.8 Å². The summed E-state index contributed by atoms with van der Waals surface area (Å²) in [6.07, 6.45) is 9.49. The summed E-state index contributed by atoms with van der Waals surface area (Å²) in [6, 6.07) is 0. The summed E-state index contributed by atoms with van der Waals surface area (Å²) < 4.78 is 8.96. The summed E-state index contributed by atoms with van der Waals surface area (Å²) in [4.78, 5) is 10.5. The fraction of sp³-hybridized carbons (Fsp3) is 0.545. The maximum atomic E-state index is 10.5. The van der Waals surface area contributed by atoms with Crippen molar-refractivity contribution < 1.29 is 14.3 Å². The number of methoxy groups -OCH3 is 1. The molecule has 3 heteroatoms. The minimum Gasteiger partial charge on any atom is -0.438 e. The Hall–Kier alpha value is -1.25. The van der Waals surface area contributed by atoms with Crippen molar-refractivity contribution in [2.75, 3.05) is 13.7 Å². The highest BCUT2D eigenvalue weighted by Gasteiger charge is 1.95. The van der Waals surface area contributed by atoms with Crippen LogP contribution in [0.5, 0.6) is 0 Å². The van der Waals surface area contributed by atoms with Crippen LogP contribution in [0.25, 0.3) is 0 Å². The predicted octanol–water partition coefficient (Wildman–Crippen LogP) is 3.07. The lowest BCUT2D eigenvalue weighted by molar-refractivity contribution is 0.0817. The molecule has 0 saturated heterocycles. The van der Waals surface area contributed by atoms with E-state index >= 15 is 0 Å². The molecule has 3 nitrogen and oxygen atoms in total. The molecule has 0 aliphatic carbocycles. The van der Waals surface area contributed by atoms with Crippen LogP contribution in [0.15, 0.2) is 24.8 Å². The fourth-order valence-electron chi connectivity index (χ4n) is 0.912. The molecule has 0 saturated carbocycles. The van der Waals surface area contributed by atoms with Gasteiger partial charge in [0.05, 0.1) is 7.11 Å². The van der Waals surface area contributed by atoms with Crippen LogP contribution in [0.1, 0.15) is 25.7 Å². The molecule has 0 amide bonds. The third-order valence-corrected chi connectivity index (χ3v) is 1.66. The first-order chi connectivity index (χ1) is 6.81. The molecule has 0 bridgehead atoms. The van der Waals surface area contributed by atoms with E-state index in [2.05, 4.69) is 16.1 Å². The van der Waals surface area contributed by atoms with Gasteiger partial charge in [0.15, 0.2) is 0 Å². The molecule has 0 rings (SSSR count). The minimum absolute atomic E-state index is 0.286. The largest absolute Gasteiger partial charge is 0.508 e. The van der Waals surface area contributed by atoms with Crippen molar-refractivity contribution in [1.29, 1.82) is 0 Å². The first-order valence-corrected chi connectivity index (χ1v) is 4.78. The number of allylic oxidation sites excluding steroid dienone is 2. The predicted molar refractivity (Wildman–Crippen MR) is 56.2 cm³/mol. The molecule has 0 heterocycles. The second kappa shape index (κ2) is 9.84. The van der Waals surface area contributed by atoms with Gasteiger partial charge in [-0.3, -0.25) is 0 Å². The average Bonchev–Trinajstić information content (AvgIpc) is 2.21. The summed E-state index contributed by atoms with van der Waals surface area (Å²) >= 11 is 0. The van der Waals surface area contributed by atoms with Crippen LogP contribution in [0.2, 0.25) is 0 Å². The molecule has 80 valence electrons. The van der Waals surface area contributed by atoms with Crippen molar-refractivity contribution in [3.63, 3.8) is 0 Å². The van der Waals surface area contributed by atoms with E-state index in [1.807, 2.05) is 18.2 Å². The third-order valence-electron chi connectivity index (χ3n) is 1.66. The van der Waals surface area contributed by atoms with Gasteiger partial charge < -0.3 is 9.47 Å². The molecule has 14 heavy (non-hydrogen) atoms. The molecule has 0 aliphatic heterocycles. The lowest BCUT2D eigenvalue weighted by Gasteiger charge is -1.97. The molecule has 0 unspecified atom stereocenters. The van der Waals surface area contributed by atoms with Crippen molar-refractivity contribution in [1.82, 2.24) is 0 Å². The molecule has 0 atom stereocenters. The molecule has 0 spiro atoms. The zero-order valence-corrected chi connectivity index (χ0v) is 8.70. The van der Waals surface area contributed by atoms with Gasteiger partial charge in [-0.05, 0) is 25.7 Å². The molecule has 0 aromatic heterocycles. The number of unbranched alkanes of at least 4 members (excludes halogenated alkanes) is 3. The van der Waals surface area contributed by atoms with Crippen LogP contribution < -0.4 is 0 Å². The Morgan fingerprint density at radius 2 is 2.00 bits per heavy atom. The smallest absolute Gasteiger partial charge is 0.438 e. The van der Waals surface area contributed by atoms with Crippen LogP contribution in [0, 0.1) is 0 Å². The SMILES string of the molecule is C=CCCCC/C=C\COC(=O)OC. The van der Waals surface area contributed by atoms with Gasteiger partial charge in [-0.25, -0.2) is 4.79 Å². The lowest BCUT2D eigenvalue weighted by atomic mass is 10.2. The number of hydrogen-bond acceptors (Lipinski definition) is 3. The monoisotopic (exact) mass is 198 g/mol. The zero-order valence-electron chi connectivity index (χ0n) is 8.70. The van der Waals surface area contributed by atoms with E-state index in [1.54, 1.807) is 0 Å². The highest BCUT2D eigenvalue weighted by Crippen LogP contribution is 2.00. The number of rotatable bonds is 7. The molecule has 0 radical (unpaired) electrons. The summed E-state index contributed by atoms with van der Waals surface area (Å²) in [5, 5.41) is 0. The number of hydrogen-bond donors (Lipinski definition) is 0. The Bertz CT molecular complexity index is 185. The normalized spacial score (nSPS) is 10.1. The van der Waals surface area contributed by atoms with Gasteiger partial charge in [-0.1, -0.05) is 18.2 Å². The Balaban J connectivity index is 3.19. The Kier molecular flexibility index (Phi) is 8.96. The molecule has 0 aliphatic rings. The number of carbonyl (C=O) groups excluding carboxylic acids is 1. The van der Waals surface area contributed by atoms with E-state index in [0.29, 0.717) is 0 Å². The van der Waals surface area contributed by atoms with Crippen LogP contribution in [0.4, 0.5) is 4.79 Å². The van der Waals surface area contributed by atoms with Crippen LogP contribution in [-0.4, -0.2) is 19.9 Å².